The molecule has 1 aromatic rings. The minimum atomic E-state index is 0.924. The molecule has 2 rings (SSSR count). The number of carbonyl (C=O) groups is 1. The molecule has 0 aliphatic carbocycles. The van der Waals surface area contributed by atoms with Crippen LogP contribution in [0.4, 0.5) is 5.69 Å². The molecule has 114 valence electrons. The van der Waals surface area contributed by atoms with Gasteiger partial charge in [-0.2, -0.15) is 0 Å². The number of likely N-dealkylation sites (tertiary alicyclic amines) is 1. The van der Waals surface area contributed by atoms with E-state index in [0.29, 0.717) is 0 Å². The third-order valence-electron chi connectivity index (χ3n) is 2.88. The van der Waals surface area contributed by atoms with E-state index in [1.165, 1.54) is 30.4 Å². The molecule has 0 radical (unpaired) electrons. The minimum Gasteiger partial charge on any atom is -0.388 e. The highest BCUT2D eigenvalue weighted by atomic mass is 32.2. The van der Waals surface area contributed by atoms with Crippen LogP contribution in [0.1, 0.15) is 32.3 Å². The topological polar surface area (TPSA) is 58.4 Å². The minimum absolute atomic E-state index is 0.924. The van der Waals surface area contributed by atoms with Gasteiger partial charge in [0, 0.05) is 30.7 Å². The predicted molar refractivity (Wildman–Crippen MR) is 89.0 cm³/mol. The zero-order chi connectivity index (χ0) is 15.4. The molecule has 0 spiro atoms. The summed E-state index contributed by atoms with van der Waals surface area (Å²) in [6.07, 6.45) is 3.31. The fourth-order valence-electron chi connectivity index (χ4n) is 1.78. The van der Waals surface area contributed by atoms with Gasteiger partial charge in [0.2, 0.25) is 6.41 Å². The fourth-order valence-corrected chi connectivity index (χ4v) is 2.18. The molecule has 5 heteroatoms. The monoisotopic (exact) mass is 297 g/mol. The normalized spacial score (nSPS) is 12.8. The molecular formula is C15H27N3OS. The van der Waals surface area contributed by atoms with Crippen LogP contribution in [0, 0.1) is 6.92 Å². The van der Waals surface area contributed by atoms with Gasteiger partial charge < -0.3 is 10.2 Å². The van der Waals surface area contributed by atoms with E-state index in [0.717, 1.165) is 30.1 Å². The first-order chi connectivity index (χ1) is 9.71. The number of hydrogen-bond acceptors (Lipinski definition) is 4. The molecule has 1 aliphatic rings. The first kappa shape index (κ1) is 18.8. The Bertz CT molecular complexity index is 379. The Balaban J connectivity index is 0.000000345. The number of anilines is 1. The maximum atomic E-state index is 9.93. The van der Waals surface area contributed by atoms with Crippen LogP contribution in [0.15, 0.2) is 23.1 Å². The van der Waals surface area contributed by atoms with E-state index in [4.69, 9.17) is 5.14 Å². The van der Waals surface area contributed by atoms with Crippen LogP contribution in [0.5, 0.6) is 0 Å². The van der Waals surface area contributed by atoms with Crippen molar-refractivity contribution in [3.63, 3.8) is 0 Å². The number of nitrogens with two attached hydrogens (primary N) is 1. The largest absolute Gasteiger partial charge is 0.388 e. The fraction of sp³-hybridized carbons (Fsp3) is 0.533. The number of carbonyl (C=O) groups excluding carboxylic acids is 1. The maximum Gasteiger partial charge on any atom is 0.209 e. The van der Waals surface area contributed by atoms with Gasteiger partial charge in [0.15, 0.2) is 0 Å². The van der Waals surface area contributed by atoms with Crippen molar-refractivity contribution in [2.45, 2.75) is 38.5 Å². The van der Waals surface area contributed by atoms with Gasteiger partial charge in [0.05, 0.1) is 0 Å². The molecule has 0 saturated carbocycles. The van der Waals surface area contributed by atoms with Gasteiger partial charge in [-0.05, 0) is 55.5 Å². The molecular weight excluding hydrogens is 270 g/mol. The third-order valence-corrected chi connectivity index (χ3v) is 3.59. The molecule has 0 atom stereocenters. The van der Waals surface area contributed by atoms with Crippen LogP contribution >= 0.6 is 11.9 Å². The second kappa shape index (κ2) is 11.6. The van der Waals surface area contributed by atoms with Crippen LogP contribution in [0.2, 0.25) is 0 Å². The van der Waals surface area contributed by atoms with E-state index in [9.17, 15) is 4.79 Å². The Labute approximate surface area is 127 Å². The van der Waals surface area contributed by atoms with Crippen LogP contribution < -0.4 is 10.5 Å². The van der Waals surface area contributed by atoms with Crippen molar-refractivity contribution in [2.75, 3.05) is 25.5 Å². The van der Waals surface area contributed by atoms with Crippen molar-refractivity contribution in [3.8, 4) is 0 Å². The molecule has 0 bridgehead atoms. The molecule has 1 amide bonds. The summed E-state index contributed by atoms with van der Waals surface area (Å²) in [5, 5.41) is 8.51. The zero-order valence-corrected chi connectivity index (χ0v) is 13.8. The Morgan fingerprint density at radius 1 is 1.30 bits per heavy atom. The van der Waals surface area contributed by atoms with Gasteiger partial charge in [0.1, 0.15) is 0 Å². The van der Waals surface area contributed by atoms with Gasteiger partial charge >= 0.3 is 0 Å². The highest BCUT2D eigenvalue weighted by Gasteiger charge is 2.06. The Morgan fingerprint density at radius 2 is 1.90 bits per heavy atom. The van der Waals surface area contributed by atoms with Gasteiger partial charge in [-0.25, -0.2) is 0 Å². The highest BCUT2D eigenvalue weighted by molar-refractivity contribution is 7.97. The molecule has 1 aliphatic heterocycles. The van der Waals surface area contributed by atoms with Crippen LogP contribution in [0.25, 0.3) is 0 Å². The van der Waals surface area contributed by atoms with Crippen molar-refractivity contribution in [1.29, 1.82) is 0 Å². The molecule has 1 aromatic carbocycles. The number of rotatable bonds is 3. The molecule has 1 saturated heterocycles. The van der Waals surface area contributed by atoms with Crippen LogP contribution in [0.3, 0.4) is 0 Å². The smallest absolute Gasteiger partial charge is 0.209 e. The predicted octanol–water partition coefficient (Wildman–Crippen LogP) is 3.27. The lowest BCUT2D eigenvalue weighted by Crippen LogP contribution is -2.15. The molecule has 0 unspecified atom stereocenters. The lowest BCUT2D eigenvalue weighted by Gasteiger charge is -2.04. The van der Waals surface area contributed by atoms with E-state index < -0.39 is 0 Å². The average Bonchev–Trinajstić information content (AvgIpc) is 3.03. The molecule has 20 heavy (non-hydrogen) atoms. The van der Waals surface area contributed by atoms with E-state index in [1.54, 1.807) is 4.90 Å². The molecule has 3 N–H and O–H groups in total. The molecule has 4 nitrogen and oxygen atoms in total. The number of hydrogen-bond donors (Lipinski definition) is 2. The quantitative estimate of drug-likeness (QED) is 0.664. The second-order valence-electron chi connectivity index (χ2n) is 4.20. The van der Waals surface area contributed by atoms with Crippen molar-refractivity contribution < 1.29 is 4.79 Å². The Kier molecular flexibility index (Phi) is 10.9. The van der Waals surface area contributed by atoms with E-state index in [2.05, 4.69) is 18.3 Å². The summed E-state index contributed by atoms with van der Waals surface area (Å²) in [7, 11) is 1.91. The van der Waals surface area contributed by atoms with Crippen molar-refractivity contribution >= 4 is 24.0 Å². The summed E-state index contributed by atoms with van der Waals surface area (Å²) in [5.74, 6) is 0. The van der Waals surface area contributed by atoms with Crippen LogP contribution in [-0.2, 0) is 4.79 Å². The van der Waals surface area contributed by atoms with Gasteiger partial charge in [-0.15, -0.1) is 0 Å². The zero-order valence-electron chi connectivity index (χ0n) is 13.0. The number of aryl methyl sites for hydroxylation is 1. The average molecular weight is 297 g/mol. The number of nitrogens with one attached hydrogen (secondary N) is 1. The second-order valence-corrected chi connectivity index (χ2v) is 4.87. The Morgan fingerprint density at radius 3 is 2.25 bits per heavy atom. The summed E-state index contributed by atoms with van der Waals surface area (Å²) in [6.45, 7) is 8.00. The molecule has 1 fully saturated rings. The molecule has 0 aromatic heterocycles. The van der Waals surface area contributed by atoms with Crippen molar-refractivity contribution in [3.05, 3.63) is 23.8 Å². The first-order valence-electron chi connectivity index (χ1n) is 7.05. The lowest BCUT2D eigenvalue weighted by molar-refractivity contribution is -0.117. The maximum absolute atomic E-state index is 9.93. The Hall–Kier alpha value is -1.20. The summed E-state index contributed by atoms with van der Waals surface area (Å²) in [5.41, 5.74) is 2.34. The summed E-state index contributed by atoms with van der Waals surface area (Å²) >= 11 is 1.29. The lowest BCUT2D eigenvalue weighted by atomic mass is 10.2. The summed E-state index contributed by atoms with van der Waals surface area (Å²) < 4.78 is 0. The third kappa shape index (κ3) is 6.82. The number of benzene rings is 1. The number of nitrogens with zero attached hydrogens (tertiary/aromatic N) is 1. The first-order valence-corrected chi connectivity index (χ1v) is 7.93. The standard InChI is InChI=1S/C8H12N2S.C5H9NO.C2H6/c1-6-5-7(10-2)3-4-8(6)11-9;7-5-6-3-1-2-4-6;1-2/h3-5,10H,9H2,1-2H3;5H,1-4H2;1-2H3. The van der Waals surface area contributed by atoms with E-state index in [1.807, 2.05) is 33.0 Å². The molecule has 1 heterocycles. The van der Waals surface area contributed by atoms with E-state index in [-0.39, 0.29) is 0 Å². The van der Waals surface area contributed by atoms with Gasteiger partial charge in [-0.1, -0.05) is 13.8 Å². The van der Waals surface area contributed by atoms with Gasteiger partial charge in [0.25, 0.3) is 0 Å². The SMILES string of the molecule is CC.CNc1ccc(SN)c(C)c1.O=CN1CCCC1. The highest BCUT2D eigenvalue weighted by Crippen LogP contribution is 2.20. The van der Waals surface area contributed by atoms with Gasteiger partial charge in [-0.3, -0.25) is 9.93 Å². The summed E-state index contributed by atoms with van der Waals surface area (Å²) in [6, 6.07) is 6.11. The van der Waals surface area contributed by atoms with Crippen molar-refractivity contribution in [2.24, 2.45) is 5.14 Å². The van der Waals surface area contributed by atoms with E-state index >= 15 is 0 Å². The van der Waals surface area contributed by atoms with Crippen molar-refractivity contribution in [1.82, 2.24) is 4.90 Å². The summed E-state index contributed by atoms with van der Waals surface area (Å²) in [4.78, 5) is 12.9. The van der Waals surface area contributed by atoms with Crippen LogP contribution in [-0.4, -0.2) is 31.4 Å². The number of amides is 1.